The second-order valence-corrected chi connectivity index (χ2v) is 7.82. The third kappa shape index (κ3) is 3.39. The van der Waals surface area contributed by atoms with Gasteiger partial charge in [-0.15, -0.1) is 0 Å². The highest BCUT2D eigenvalue weighted by atomic mass is 16.1. The van der Waals surface area contributed by atoms with Gasteiger partial charge in [-0.3, -0.25) is 4.79 Å². The van der Waals surface area contributed by atoms with Crippen LogP contribution in [0.5, 0.6) is 0 Å². The zero-order valence-electron chi connectivity index (χ0n) is 16.9. The van der Waals surface area contributed by atoms with Crippen LogP contribution in [-0.4, -0.2) is 30.5 Å². The Morgan fingerprint density at radius 1 is 1.13 bits per heavy atom. The van der Waals surface area contributed by atoms with E-state index in [9.17, 15) is 4.79 Å². The molecule has 150 valence electrons. The molecule has 1 fully saturated rings. The molecule has 2 heterocycles. The van der Waals surface area contributed by atoms with E-state index in [-0.39, 0.29) is 5.91 Å². The van der Waals surface area contributed by atoms with Gasteiger partial charge in [0, 0.05) is 17.5 Å². The van der Waals surface area contributed by atoms with Gasteiger partial charge in [0.2, 0.25) is 0 Å². The molecular formula is C23H22N6O. The first-order chi connectivity index (χ1) is 14.6. The quantitative estimate of drug-likeness (QED) is 0.548. The molecule has 5 rings (SSSR count). The number of para-hydroxylation sites is 1. The van der Waals surface area contributed by atoms with Gasteiger partial charge in [-0.2, -0.15) is 10.2 Å². The van der Waals surface area contributed by atoms with Crippen LogP contribution >= 0.6 is 0 Å². The Bertz CT molecular complexity index is 1200. The van der Waals surface area contributed by atoms with E-state index in [1.54, 1.807) is 17.1 Å². The molecule has 2 atom stereocenters. The highest BCUT2D eigenvalue weighted by Crippen LogP contribution is 2.47. The Hall–Kier alpha value is -3.74. The Morgan fingerprint density at radius 3 is 2.60 bits per heavy atom. The second-order valence-electron chi connectivity index (χ2n) is 7.82. The number of carbonyl (C=O) groups excluding carboxylic acids is 1. The van der Waals surface area contributed by atoms with Gasteiger partial charge in [-0.25, -0.2) is 14.3 Å². The molecule has 0 bridgehead atoms. The molecule has 4 aromatic rings. The molecule has 2 aromatic carbocycles. The van der Waals surface area contributed by atoms with E-state index in [0.29, 0.717) is 23.2 Å². The van der Waals surface area contributed by atoms with Crippen molar-refractivity contribution < 1.29 is 4.79 Å². The lowest BCUT2D eigenvalue weighted by atomic mass is 10.1. The highest BCUT2D eigenvalue weighted by Gasteiger charge is 2.36. The van der Waals surface area contributed by atoms with Crippen molar-refractivity contribution in [3.05, 3.63) is 84.1 Å². The standard InChI is InChI=1S/C23H22N6O/c1-15-11-19(15)20-12-22(29(27-20)18-6-4-3-5-7-18)26-23(30)17-8-9-21(16(2)10-17)28-14-24-13-25-28/h3-10,12-15,19H,11H2,1-2H3,(H,26,30)/t15-,19+/m0/s1. The summed E-state index contributed by atoms with van der Waals surface area (Å²) in [4.78, 5) is 17.0. The predicted molar refractivity (Wildman–Crippen MR) is 114 cm³/mol. The lowest BCUT2D eigenvalue weighted by molar-refractivity contribution is 0.102. The lowest BCUT2D eigenvalue weighted by Crippen LogP contribution is -2.15. The van der Waals surface area contributed by atoms with E-state index in [1.807, 2.05) is 60.1 Å². The summed E-state index contributed by atoms with van der Waals surface area (Å²) in [5, 5.41) is 12.0. The number of aryl methyl sites for hydroxylation is 1. The maximum Gasteiger partial charge on any atom is 0.256 e. The van der Waals surface area contributed by atoms with Gasteiger partial charge in [0.15, 0.2) is 0 Å². The number of nitrogens with zero attached hydrogens (tertiary/aromatic N) is 5. The Morgan fingerprint density at radius 2 is 1.93 bits per heavy atom. The van der Waals surface area contributed by atoms with E-state index in [4.69, 9.17) is 5.10 Å². The molecule has 0 unspecified atom stereocenters. The van der Waals surface area contributed by atoms with Crippen LogP contribution in [0.4, 0.5) is 5.82 Å². The summed E-state index contributed by atoms with van der Waals surface area (Å²) >= 11 is 0. The number of hydrogen-bond donors (Lipinski definition) is 1. The predicted octanol–water partition coefficient (Wildman–Crippen LogP) is 4.14. The molecule has 2 aromatic heterocycles. The molecule has 1 N–H and O–H groups in total. The van der Waals surface area contributed by atoms with Crippen LogP contribution in [0.15, 0.2) is 67.3 Å². The number of hydrogen-bond acceptors (Lipinski definition) is 4. The van der Waals surface area contributed by atoms with Crippen molar-refractivity contribution in [2.75, 3.05) is 5.32 Å². The van der Waals surface area contributed by atoms with E-state index in [0.717, 1.165) is 29.1 Å². The van der Waals surface area contributed by atoms with Gasteiger partial charge in [-0.1, -0.05) is 25.1 Å². The maximum absolute atomic E-state index is 13.0. The third-order valence-corrected chi connectivity index (χ3v) is 5.58. The number of anilines is 1. The van der Waals surface area contributed by atoms with E-state index in [2.05, 4.69) is 22.3 Å². The van der Waals surface area contributed by atoms with E-state index >= 15 is 0 Å². The molecule has 7 heteroatoms. The summed E-state index contributed by atoms with van der Waals surface area (Å²) < 4.78 is 3.50. The Balaban J connectivity index is 1.44. The topological polar surface area (TPSA) is 77.6 Å². The molecular weight excluding hydrogens is 376 g/mol. The number of amides is 1. The monoisotopic (exact) mass is 398 g/mol. The Kier molecular flexibility index (Phi) is 4.43. The van der Waals surface area contributed by atoms with Gasteiger partial charge >= 0.3 is 0 Å². The lowest BCUT2D eigenvalue weighted by Gasteiger charge is -2.11. The van der Waals surface area contributed by atoms with Crippen molar-refractivity contribution in [2.45, 2.75) is 26.2 Å². The van der Waals surface area contributed by atoms with E-state index < -0.39 is 0 Å². The minimum atomic E-state index is -0.171. The van der Waals surface area contributed by atoms with Gasteiger partial charge in [0.05, 0.1) is 17.1 Å². The molecule has 0 aliphatic heterocycles. The second kappa shape index (κ2) is 7.26. The van der Waals surface area contributed by atoms with Crippen molar-refractivity contribution in [2.24, 2.45) is 5.92 Å². The largest absolute Gasteiger partial charge is 0.306 e. The number of rotatable bonds is 5. The molecule has 1 saturated carbocycles. The van der Waals surface area contributed by atoms with Crippen LogP contribution in [0.1, 0.15) is 40.9 Å². The summed E-state index contributed by atoms with van der Waals surface area (Å²) in [5.74, 6) is 1.61. The number of nitrogens with one attached hydrogen (secondary N) is 1. The van der Waals surface area contributed by atoms with Crippen LogP contribution in [0, 0.1) is 12.8 Å². The number of benzene rings is 2. The summed E-state index contributed by atoms with van der Waals surface area (Å²) in [6.45, 7) is 4.18. The molecule has 0 saturated heterocycles. The average Bonchev–Trinajstić information content (AvgIpc) is 3.13. The van der Waals surface area contributed by atoms with Crippen LogP contribution in [0.25, 0.3) is 11.4 Å². The average molecular weight is 398 g/mol. The first-order valence-corrected chi connectivity index (χ1v) is 10.0. The summed E-state index contributed by atoms with van der Waals surface area (Å²) in [6.07, 6.45) is 4.27. The fraction of sp³-hybridized carbons (Fsp3) is 0.217. The van der Waals surface area contributed by atoms with Crippen molar-refractivity contribution in [1.82, 2.24) is 24.5 Å². The minimum absolute atomic E-state index is 0.171. The zero-order valence-corrected chi connectivity index (χ0v) is 16.9. The number of carbonyl (C=O) groups is 1. The van der Waals surface area contributed by atoms with Crippen LogP contribution in [0.2, 0.25) is 0 Å². The summed E-state index contributed by atoms with van der Waals surface area (Å²) in [7, 11) is 0. The normalized spacial score (nSPS) is 17.7. The molecule has 1 aliphatic rings. The number of aromatic nitrogens is 5. The SMILES string of the molecule is Cc1cc(C(=O)Nc2cc([C@@H]3C[C@@H]3C)nn2-c2ccccc2)ccc1-n1cncn1. The molecule has 7 nitrogen and oxygen atoms in total. The van der Waals surface area contributed by atoms with Crippen LogP contribution in [-0.2, 0) is 0 Å². The van der Waals surface area contributed by atoms with Crippen molar-refractivity contribution >= 4 is 11.7 Å². The van der Waals surface area contributed by atoms with Crippen LogP contribution in [0.3, 0.4) is 0 Å². The fourth-order valence-corrected chi connectivity index (χ4v) is 3.74. The molecule has 0 radical (unpaired) electrons. The summed E-state index contributed by atoms with van der Waals surface area (Å²) in [5.41, 5.74) is 4.36. The molecule has 1 aliphatic carbocycles. The van der Waals surface area contributed by atoms with Crippen LogP contribution < -0.4 is 5.32 Å². The van der Waals surface area contributed by atoms with Crippen molar-refractivity contribution in [1.29, 1.82) is 0 Å². The van der Waals surface area contributed by atoms with E-state index in [1.165, 1.54) is 6.33 Å². The van der Waals surface area contributed by atoms with Gasteiger partial charge < -0.3 is 5.32 Å². The highest BCUT2D eigenvalue weighted by molar-refractivity contribution is 6.04. The molecule has 30 heavy (non-hydrogen) atoms. The summed E-state index contributed by atoms with van der Waals surface area (Å²) in [6, 6.07) is 17.4. The van der Waals surface area contributed by atoms with Crippen molar-refractivity contribution in [3.63, 3.8) is 0 Å². The molecule has 0 spiro atoms. The zero-order chi connectivity index (χ0) is 20.7. The molecule has 1 amide bonds. The van der Waals surface area contributed by atoms with Gasteiger partial charge in [-0.05, 0) is 55.2 Å². The van der Waals surface area contributed by atoms with Crippen molar-refractivity contribution in [3.8, 4) is 11.4 Å². The first-order valence-electron chi connectivity index (χ1n) is 10.0. The maximum atomic E-state index is 13.0. The third-order valence-electron chi connectivity index (χ3n) is 5.58. The Labute approximate surface area is 174 Å². The minimum Gasteiger partial charge on any atom is -0.306 e. The smallest absolute Gasteiger partial charge is 0.256 e. The van der Waals surface area contributed by atoms with Gasteiger partial charge in [0.1, 0.15) is 18.5 Å². The van der Waals surface area contributed by atoms with Gasteiger partial charge in [0.25, 0.3) is 5.91 Å². The first kappa shape index (κ1) is 18.3. The fourth-order valence-electron chi connectivity index (χ4n) is 3.74.